The van der Waals surface area contributed by atoms with Crippen molar-refractivity contribution in [3.05, 3.63) is 46.9 Å². The fourth-order valence-corrected chi connectivity index (χ4v) is 2.66. The molecular formula is C20H20O9. The Morgan fingerprint density at radius 2 is 1.14 bits per heavy atom. The number of esters is 4. The van der Waals surface area contributed by atoms with Gasteiger partial charge in [-0.1, -0.05) is 24.3 Å². The van der Waals surface area contributed by atoms with Crippen LogP contribution in [0.4, 0.5) is 0 Å². The van der Waals surface area contributed by atoms with Crippen LogP contribution >= 0.6 is 0 Å². The van der Waals surface area contributed by atoms with Crippen LogP contribution in [0.3, 0.4) is 0 Å². The molecule has 9 nitrogen and oxygen atoms in total. The van der Waals surface area contributed by atoms with Crippen LogP contribution in [0.1, 0.15) is 25.0 Å². The molecular weight excluding hydrogens is 384 g/mol. The second-order valence-electron chi connectivity index (χ2n) is 5.79. The molecule has 0 saturated heterocycles. The first-order valence-electron chi connectivity index (χ1n) is 8.47. The van der Waals surface area contributed by atoms with Crippen LogP contribution in [0.25, 0.3) is 11.1 Å². The number of hydrogen-bond donors (Lipinski definition) is 0. The number of benzene rings is 1. The van der Waals surface area contributed by atoms with E-state index < -0.39 is 37.1 Å². The van der Waals surface area contributed by atoms with Gasteiger partial charge in [0.2, 0.25) is 0 Å². The van der Waals surface area contributed by atoms with Gasteiger partial charge in [0.25, 0.3) is 0 Å². The molecule has 0 N–H and O–H groups in total. The van der Waals surface area contributed by atoms with Crippen molar-refractivity contribution in [3.63, 3.8) is 0 Å². The van der Waals surface area contributed by atoms with Crippen LogP contribution in [0.15, 0.2) is 35.8 Å². The van der Waals surface area contributed by atoms with Gasteiger partial charge in [-0.25, -0.2) is 9.59 Å². The first-order chi connectivity index (χ1) is 13.8. The van der Waals surface area contributed by atoms with Crippen LogP contribution in [0, 0.1) is 0 Å². The zero-order valence-corrected chi connectivity index (χ0v) is 16.4. The number of hydrogen-bond acceptors (Lipinski definition) is 9. The summed E-state index contributed by atoms with van der Waals surface area (Å²) < 4.78 is 25.5. The van der Waals surface area contributed by atoms with Gasteiger partial charge in [0.15, 0.2) is 11.5 Å². The van der Waals surface area contributed by atoms with Gasteiger partial charge in [0.05, 0.1) is 14.2 Å². The predicted molar refractivity (Wildman–Crippen MR) is 98.7 cm³/mol. The fraction of sp³-hybridized carbons (Fsp3) is 0.300. The molecule has 0 atom stereocenters. The van der Waals surface area contributed by atoms with E-state index in [0.29, 0.717) is 11.1 Å². The van der Waals surface area contributed by atoms with E-state index >= 15 is 0 Å². The maximum absolute atomic E-state index is 12.5. The molecule has 0 saturated carbocycles. The molecule has 1 aliphatic rings. The highest BCUT2D eigenvalue weighted by molar-refractivity contribution is 6.24. The minimum atomic E-state index is -0.766. The standard InChI is InChI=1S/C20H20O9/c1-11(21)27-9-15-17(19(23)25-3)13-7-5-6-8-14(13)18(20(24)26-4)16(29-15)10-28-12(2)22/h5-8H,9-10H2,1-4H3. The predicted octanol–water partition coefficient (Wildman–Crippen LogP) is 1.61. The van der Waals surface area contributed by atoms with Crippen molar-refractivity contribution in [2.24, 2.45) is 0 Å². The summed E-state index contributed by atoms with van der Waals surface area (Å²) in [4.78, 5) is 47.7. The number of ether oxygens (including phenoxy) is 5. The molecule has 154 valence electrons. The van der Waals surface area contributed by atoms with Gasteiger partial charge in [-0.2, -0.15) is 0 Å². The normalized spacial score (nSPS) is 13.0. The van der Waals surface area contributed by atoms with E-state index in [2.05, 4.69) is 0 Å². The summed E-state index contributed by atoms with van der Waals surface area (Å²) in [6, 6.07) is 6.46. The van der Waals surface area contributed by atoms with Crippen molar-refractivity contribution < 1.29 is 42.9 Å². The zero-order chi connectivity index (χ0) is 21.6. The Morgan fingerprint density at radius 1 is 0.759 bits per heavy atom. The molecule has 9 heteroatoms. The summed E-state index contributed by atoms with van der Waals surface area (Å²) in [5, 5.41) is 0. The van der Waals surface area contributed by atoms with Crippen molar-refractivity contribution in [2.45, 2.75) is 13.8 Å². The smallest absolute Gasteiger partial charge is 0.342 e. The molecule has 29 heavy (non-hydrogen) atoms. The monoisotopic (exact) mass is 404 g/mol. The minimum Gasteiger partial charge on any atom is -0.465 e. The third-order valence-corrected chi connectivity index (χ3v) is 3.86. The fourth-order valence-electron chi connectivity index (χ4n) is 2.66. The van der Waals surface area contributed by atoms with Crippen molar-refractivity contribution in [1.29, 1.82) is 0 Å². The molecule has 0 bridgehead atoms. The van der Waals surface area contributed by atoms with Gasteiger partial charge in [0, 0.05) is 25.0 Å². The summed E-state index contributed by atoms with van der Waals surface area (Å²) in [5.41, 5.74) is 0.534. The van der Waals surface area contributed by atoms with Crippen molar-refractivity contribution in [3.8, 4) is 0 Å². The number of fused-ring (bicyclic) bond motifs is 1. The van der Waals surface area contributed by atoms with Crippen LogP contribution in [0.5, 0.6) is 0 Å². The highest BCUT2D eigenvalue weighted by atomic mass is 16.6. The van der Waals surface area contributed by atoms with E-state index in [0.717, 1.165) is 0 Å². The van der Waals surface area contributed by atoms with E-state index in [9.17, 15) is 19.2 Å². The topological polar surface area (TPSA) is 114 Å². The van der Waals surface area contributed by atoms with Crippen molar-refractivity contribution >= 4 is 35.0 Å². The lowest BCUT2D eigenvalue weighted by Crippen LogP contribution is -2.15. The quantitative estimate of drug-likeness (QED) is 0.515. The SMILES string of the molecule is COC(=O)C1=C(COC(C)=O)OC(COC(C)=O)=C(C(=O)OC)c2ccccc21. The molecule has 1 aromatic rings. The number of carbonyl (C=O) groups excluding carboxylic acids is 4. The van der Waals surface area contributed by atoms with Gasteiger partial charge in [-0.15, -0.1) is 0 Å². The maximum Gasteiger partial charge on any atom is 0.342 e. The first kappa shape index (κ1) is 21.7. The van der Waals surface area contributed by atoms with E-state index in [1.54, 1.807) is 24.3 Å². The molecule has 0 aromatic heterocycles. The average molecular weight is 404 g/mol. The molecule has 1 aromatic carbocycles. The maximum atomic E-state index is 12.5. The summed E-state index contributed by atoms with van der Waals surface area (Å²) >= 11 is 0. The Morgan fingerprint density at radius 3 is 1.45 bits per heavy atom. The van der Waals surface area contributed by atoms with Gasteiger partial charge >= 0.3 is 23.9 Å². The lowest BCUT2D eigenvalue weighted by atomic mass is 9.93. The summed E-state index contributed by atoms with van der Waals surface area (Å²) in [5.74, 6) is -2.92. The summed E-state index contributed by atoms with van der Waals surface area (Å²) in [6.07, 6.45) is 0. The largest absolute Gasteiger partial charge is 0.465 e. The van der Waals surface area contributed by atoms with Crippen molar-refractivity contribution in [2.75, 3.05) is 27.4 Å². The second kappa shape index (κ2) is 9.54. The Hall–Kier alpha value is -3.62. The third kappa shape index (κ3) is 5.01. The van der Waals surface area contributed by atoms with E-state index in [-0.39, 0.29) is 22.7 Å². The van der Waals surface area contributed by atoms with Crippen LogP contribution in [-0.4, -0.2) is 51.3 Å². The molecule has 0 spiro atoms. The first-order valence-corrected chi connectivity index (χ1v) is 8.47. The Bertz CT molecular complexity index is 835. The molecule has 0 fully saturated rings. The number of carbonyl (C=O) groups is 4. The Balaban J connectivity index is 2.77. The number of rotatable bonds is 6. The molecule has 0 unspecified atom stereocenters. The second-order valence-corrected chi connectivity index (χ2v) is 5.79. The van der Waals surface area contributed by atoms with E-state index in [4.69, 9.17) is 23.7 Å². The highest BCUT2D eigenvalue weighted by Crippen LogP contribution is 2.36. The van der Waals surface area contributed by atoms with Gasteiger partial charge in [0.1, 0.15) is 24.4 Å². The zero-order valence-electron chi connectivity index (χ0n) is 16.4. The van der Waals surface area contributed by atoms with E-state index in [1.807, 2.05) is 0 Å². The Labute approximate surface area is 166 Å². The molecule has 1 aliphatic heterocycles. The lowest BCUT2D eigenvalue weighted by molar-refractivity contribution is -0.142. The molecule has 1 heterocycles. The molecule has 2 rings (SSSR count). The summed E-state index contributed by atoms with van der Waals surface area (Å²) in [7, 11) is 2.36. The Kier molecular flexibility index (Phi) is 7.13. The van der Waals surface area contributed by atoms with Gasteiger partial charge < -0.3 is 23.7 Å². The van der Waals surface area contributed by atoms with E-state index in [1.165, 1.54) is 28.1 Å². The van der Waals surface area contributed by atoms with Crippen molar-refractivity contribution in [1.82, 2.24) is 0 Å². The average Bonchev–Trinajstić information content (AvgIpc) is 2.83. The molecule has 0 aliphatic carbocycles. The molecule has 0 amide bonds. The minimum absolute atomic E-state index is 0.0384. The van der Waals surface area contributed by atoms with Gasteiger partial charge in [-0.05, 0) is 0 Å². The molecule has 0 radical (unpaired) electrons. The van der Waals surface area contributed by atoms with Crippen LogP contribution in [-0.2, 0) is 42.9 Å². The highest BCUT2D eigenvalue weighted by Gasteiger charge is 2.33. The number of methoxy groups -OCH3 is 2. The van der Waals surface area contributed by atoms with Gasteiger partial charge in [-0.3, -0.25) is 9.59 Å². The summed E-state index contributed by atoms with van der Waals surface area (Å²) in [6.45, 7) is 1.56. The third-order valence-electron chi connectivity index (χ3n) is 3.86. The lowest BCUT2D eigenvalue weighted by Gasteiger charge is -2.15. The van der Waals surface area contributed by atoms with Crippen LogP contribution in [0.2, 0.25) is 0 Å². The van der Waals surface area contributed by atoms with Crippen LogP contribution < -0.4 is 0 Å².